The van der Waals surface area contributed by atoms with Gasteiger partial charge in [0.15, 0.2) is 0 Å². The standard InChI is InChI=1S/C13H9N3O2/c14-11-7-8(5-6-15-11)16-12(17)9-3-1-2-4-10(9)13(16)18/h1-7H,(H2,14,15). The van der Waals surface area contributed by atoms with Crippen LogP contribution < -0.4 is 10.6 Å². The Labute approximate surface area is 103 Å². The van der Waals surface area contributed by atoms with E-state index in [0.717, 1.165) is 4.90 Å². The maximum Gasteiger partial charge on any atom is 0.266 e. The van der Waals surface area contributed by atoms with Crippen molar-refractivity contribution >= 4 is 23.3 Å². The monoisotopic (exact) mass is 239 g/mol. The SMILES string of the molecule is Nc1cc(N2C(=O)c3ccccc3C2=O)ccn1. The van der Waals surface area contributed by atoms with Crippen molar-refractivity contribution in [3.05, 3.63) is 53.7 Å². The third-order valence-electron chi connectivity index (χ3n) is 2.82. The first-order valence-corrected chi connectivity index (χ1v) is 5.38. The zero-order valence-electron chi connectivity index (χ0n) is 9.33. The molecule has 2 N–H and O–H groups in total. The molecule has 2 amide bonds. The van der Waals surface area contributed by atoms with Crippen molar-refractivity contribution < 1.29 is 9.59 Å². The minimum Gasteiger partial charge on any atom is -0.384 e. The quantitative estimate of drug-likeness (QED) is 0.764. The predicted molar refractivity (Wildman–Crippen MR) is 66.2 cm³/mol. The Morgan fingerprint density at radius 2 is 1.61 bits per heavy atom. The minimum atomic E-state index is -0.332. The van der Waals surface area contributed by atoms with Crippen LogP contribution in [-0.4, -0.2) is 16.8 Å². The van der Waals surface area contributed by atoms with Gasteiger partial charge in [0.2, 0.25) is 0 Å². The molecule has 1 aliphatic rings. The minimum absolute atomic E-state index is 0.268. The lowest BCUT2D eigenvalue weighted by Crippen LogP contribution is -2.29. The van der Waals surface area contributed by atoms with Crippen LogP contribution in [0, 0.1) is 0 Å². The molecule has 5 heteroatoms. The average Bonchev–Trinajstić information content (AvgIpc) is 2.63. The summed E-state index contributed by atoms with van der Waals surface area (Å²) in [7, 11) is 0. The summed E-state index contributed by atoms with van der Waals surface area (Å²) in [6, 6.07) is 9.82. The van der Waals surface area contributed by atoms with E-state index in [4.69, 9.17) is 5.73 Å². The van der Waals surface area contributed by atoms with E-state index < -0.39 is 0 Å². The molecule has 5 nitrogen and oxygen atoms in total. The molecular weight excluding hydrogens is 230 g/mol. The second-order valence-electron chi connectivity index (χ2n) is 3.93. The second-order valence-corrected chi connectivity index (χ2v) is 3.93. The van der Waals surface area contributed by atoms with Crippen LogP contribution in [0.2, 0.25) is 0 Å². The van der Waals surface area contributed by atoms with Gasteiger partial charge in [0, 0.05) is 12.3 Å². The van der Waals surface area contributed by atoms with Gasteiger partial charge in [0.05, 0.1) is 16.8 Å². The zero-order chi connectivity index (χ0) is 12.7. The molecule has 0 aliphatic carbocycles. The van der Waals surface area contributed by atoms with Crippen molar-refractivity contribution in [2.75, 3.05) is 10.6 Å². The molecule has 0 saturated carbocycles. The normalized spacial score (nSPS) is 13.9. The number of rotatable bonds is 1. The fraction of sp³-hybridized carbons (Fsp3) is 0. The average molecular weight is 239 g/mol. The first kappa shape index (κ1) is 10.5. The molecule has 0 radical (unpaired) electrons. The van der Waals surface area contributed by atoms with Gasteiger partial charge in [0.1, 0.15) is 5.82 Å². The molecule has 2 heterocycles. The molecule has 0 unspecified atom stereocenters. The Hall–Kier alpha value is -2.69. The van der Waals surface area contributed by atoms with E-state index in [2.05, 4.69) is 4.98 Å². The Bertz CT molecular complexity index is 632. The van der Waals surface area contributed by atoms with Crippen molar-refractivity contribution in [2.45, 2.75) is 0 Å². The topological polar surface area (TPSA) is 76.3 Å². The highest BCUT2D eigenvalue weighted by Gasteiger charge is 2.36. The molecule has 1 aromatic heterocycles. The lowest BCUT2D eigenvalue weighted by Gasteiger charge is -2.13. The number of nitrogens with zero attached hydrogens (tertiary/aromatic N) is 2. The van der Waals surface area contributed by atoms with Crippen LogP contribution >= 0.6 is 0 Å². The second kappa shape index (κ2) is 3.66. The zero-order valence-corrected chi connectivity index (χ0v) is 9.33. The summed E-state index contributed by atoms with van der Waals surface area (Å²) in [5.74, 6) is -0.397. The van der Waals surface area contributed by atoms with Crippen LogP contribution in [0.1, 0.15) is 20.7 Å². The number of imide groups is 1. The lowest BCUT2D eigenvalue weighted by molar-refractivity contribution is 0.0926. The third kappa shape index (κ3) is 1.37. The van der Waals surface area contributed by atoms with Gasteiger partial charge in [0.25, 0.3) is 11.8 Å². The maximum absolute atomic E-state index is 12.2. The molecular formula is C13H9N3O2. The lowest BCUT2D eigenvalue weighted by atomic mass is 10.1. The highest BCUT2D eigenvalue weighted by atomic mass is 16.2. The van der Waals surface area contributed by atoms with Crippen molar-refractivity contribution in [3.63, 3.8) is 0 Å². The molecule has 2 aromatic rings. The first-order chi connectivity index (χ1) is 8.68. The Kier molecular flexibility index (Phi) is 2.13. The molecule has 0 fully saturated rings. The van der Waals surface area contributed by atoms with Crippen molar-refractivity contribution in [1.29, 1.82) is 0 Å². The fourth-order valence-corrected chi connectivity index (χ4v) is 2.00. The number of anilines is 2. The van der Waals surface area contributed by atoms with Gasteiger partial charge in [-0.05, 0) is 18.2 Å². The van der Waals surface area contributed by atoms with Gasteiger partial charge < -0.3 is 5.73 Å². The van der Waals surface area contributed by atoms with E-state index in [1.807, 2.05) is 0 Å². The van der Waals surface area contributed by atoms with E-state index >= 15 is 0 Å². The summed E-state index contributed by atoms with van der Waals surface area (Å²) in [4.78, 5) is 29.3. The summed E-state index contributed by atoms with van der Waals surface area (Å²) in [5, 5.41) is 0. The molecule has 0 spiro atoms. The molecule has 1 aliphatic heterocycles. The Morgan fingerprint density at radius 1 is 1.00 bits per heavy atom. The van der Waals surface area contributed by atoms with Gasteiger partial charge >= 0.3 is 0 Å². The number of carbonyl (C=O) groups excluding carboxylic acids is 2. The first-order valence-electron chi connectivity index (χ1n) is 5.38. The van der Waals surface area contributed by atoms with Gasteiger partial charge in [-0.25, -0.2) is 9.88 Å². The largest absolute Gasteiger partial charge is 0.384 e. The maximum atomic E-state index is 12.2. The smallest absolute Gasteiger partial charge is 0.266 e. The van der Waals surface area contributed by atoms with Gasteiger partial charge in [-0.3, -0.25) is 9.59 Å². The Balaban J connectivity index is 2.12. The number of hydrogen-bond acceptors (Lipinski definition) is 4. The molecule has 3 rings (SSSR count). The molecule has 88 valence electrons. The van der Waals surface area contributed by atoms with Crippen LogP contribution in [0.5, 0.6) is 0 Å². The van der Waals surface area contributed by atoms with E-state index in [1.165, 1.54) is 12.3 Å². The fourth-order valence-electron chi connectivity index (χ4n) is 2.00. The molecule has 0 saturated heterocycles. The third-order valence-corrected chi connectivity index (χ3v) is 2.82. The summed E-state index contributed by atoms with van der Waals surface area (Å²) in [5.41, 5.74) is 6.83. The number of pyridine rings is 1. The van der Waals surface area contributed by atoms with Gasteiger partial charge in [-0.15, -0.1) is 0 Å². The molecule has 0 bridgehead atoms. The number of hydrogen-bond donors (Lipinski definition) is 1. The number of benzene rings is 1. The molecule has 0 atom stereocenters. The summed E-state index contributed by atoms with van der Waals surface area (Å²) in [6.07, 6.45) is 1.47. The number of carbonyl (C=O) groups is 2. The van der Waals surface area contributed by atoms with E-state index in [1.54, 1.807) is 30.3 Å². The number of nitrogens with two attached hydrogens (primary N) is 1. The molecule has 18 heavy (non-hydrogen) atoms. The van der Waals surface area contributed by atoms with Gasteiger partial charge in [-0.1, -0.05) is 12.1 Å². The van der Waals surface area contributed by atoms with Crippen LogP contribution in [0.4, 0.5) is 11.5 Å². The Morgan fingerprint density at radius 3 is 2.17 bits per heavy atom. The van der Waals surface area contributed by atoms with Crippen LogP contribution in [-0.2, 0) is 0 Å². The van der Waals surface area contributed by atoms with Gasteiger partial charge in [-0.2, -0.15) is 0 Å². The van der Waals surface area contributed by atoms with Crippen molar-refractivity contribution in [3.8, 4) is 0 Å². The number of amides is 2. The number of nitrogen functional groups attached to an aromatic ring is 1. The predicted octanol–water partition coefficient (Wildman–Crippen LogP) is 1.46. The van der Waals surface area contributed by atoms with E-state index in [9.17, 15) is 9.59 Å². The summed E-state index contributed by atoms with van der Waals surface area (Å²) >= 11 is 0. The van der Waals surface area contributed by atoms with Crippen molar-refractivity contribution in [1.82, 2.24) is 4.98 Å². The summed E-state index contributed by atoms with van der Waals surface area (Å²) in [6.45, 7) is 0. The van der Waals surface area contributed by atoms with Crippen LogP contribution in [0.3, 0.4) is 0 Å². The molecule has 1 aromatic carbocycles. The van der Waals surface area contributed by atoms with Crippen LogP contribution in [0.25, 0.3) is 0 Å². The number of aromatic nitrogens is 1. The van der Waals surface area contributed by atoms with Crippen LogP contribution in [0.15, 0.2) is 42.6 Å². The van der Waals surface area contributed by atoms with E-state index in [-0.39, 0.29) is 17.6 Å². The number of fused-ring (bicyclic) bond motifs is 1. The highest BCUT2D eigenvalue weighted by molar-refractivity contribution is 6.34. The van der Waals surface area contributed by atoms with E-state index in [0.29, 0.717) is 16.8 Å². The van der Waals surface area contributed by atoms with Crippen molar-refractivity contribution in [2.24, 2.45) is 0 Å². The summed E-state index contributed by atoms with van der Waals surface area (Å²) < 4.78 is 0. The highest BCUT2D eigenvalue weighted by Crippen LogP contribution is 2.28.